The van der Waals surface area contributed by atoms with Crippen LogP contribution in [0.15, 0.2) is 6.20 Å². The molecule has 0 bridgehead atoms. The topological polar surface area (TPSA) is 44.2 Å². The summed E-state index contributed by atoms with van der Waals surface area (Å²) in [5.41, 5.74) is 0. The summed E-state index contributed by atoms with van der Waals surface area (Å²) in [6, 6.07) is 0. The molecule has 1 aromatic rings. The largest absolute Gasteiger partial charge is 0.480 e. The Kier molecular flexibility index (Phi) is 3.76. The SMILES string of the molecule is CCCOc1ncc(OC)nc1Cl. The van der Waals surface area contributed by atoms with Gasteiger partial charge >= 0.3 is 0 Å². The van der Waals surface area contributed by atoms with E-state index in [4.69, 9.17) is 21.1 Å². The fourth-order valence-electron chi connectivity index (χ4n) is 0.734. The molecule has 4 nitrogen and oxygen atoms in total. The average Bonchev–Trinajstić information content (AvgIpc) is 2.16. The molecule has 1 heterocycles. The average molecular weight is 203 g/mol. The van der Waals surface area contributed by atoms with E-state index in [0.29, 0.717) is 18.4 Å². The van der Waals surface area contributed by atoms with E-state index in [1.165, 1.54) is 13.3 Å². The van der Waals surface area contributed by atoms with E-state index in [1.54, 1.807) is 0 Å². The van der Waals surface area contributed by atoms with E-state index in [2.05, 4.69) is 9.97 Å². The summed E-state index contributed by atoms with van der Waals surface area (Å²) in [5, 5.41) is 0.229. The number of rotatable bonds is 4. The fraction of sp³-hybridized carbons (Fsp3) is 0.500. The van der Waals surface area contributed by atoms with Gasteiger partial charge in [-0.1, -0.05) is 18.5 Å². The highest BCUT2D eigenvalue weighted by atomic mass is 35.5. The van der Waals surface area contributed by atoms with Crippen LogP contribution in [0.2, 0.25) is 5.15 Å². The predicted octanol–water partition coefficient (Wildman–Crippen LogP) is 1.93. The molecule has 0 aliphatic heterocycles. The third-order valence-electron chi connectivity index (χ3n) is 1.33. The minimum Gasteiger partial charge on any atom is -0.480 e. The van der Waals surface area contributed by atoms with Crippen LogP contribution >= 0.6 is 11.6 Å². The maximum atomic E-state index is 5.77. The molecular formula is C8H11ClN2O2. The lowest BCUT2D eigenvalue weighted by atomic mass is 10.5. The molecule has 0 fully saturated rings. The molecule has 13 heavy (non-hydrogen) atoms. The van der Waals surface area contributed by atoms with Crippen LogP contribution in [-0.4, -0.2) is 23.7 Å². The van der Waals surface area contributed by atoms with Crippen molar-refractivity contribution in [3.63, 3.8) is 0 Å². The Morgan fingerprint density at radius 1 is 1.54 bits per heavy atom. The van der Waals surface area contributed by atoms with Crippen LogP contribution in [0.25, 0.3) is 0 Å². The van der Waals surface area contributed by atoms with Crippen molar-refractivity contribution in [3.05, 3.63) is 11.3 Å². The highest BCUT2D eigenvalue weighted by Crippen LogP contribution is 2.21. The molecule has 1 rings (SSSR count). The van der Waals surface area contributed by atoms with Crippen molar-refractivity contribution in [1.82, 2.24) is 9.97 Å². The van der Waals surface area contributed by atoms with Gasteiger partial charge in [-0.05, 0) is 6.42 Å². The molecule has 1 aromatic heterocycles. The van der Waals surface area contributed by atoms with Gasteiger partial charge in [-0.3, -0.25) is 0 Å². The second-order valence-electron chi connectivity index (χ2n) is 2.36. The monoisotopic (exact) mass is 202 g/mol. The van der Waals surface area contributed by atoms with E-state index in [-0.39, 0.29) is 5.15 Å². The number of nitrogens with zero attached hydrogens (tertiary/aromatic N) is 2. The zero-order valence-corrected chi connectivity index (χ0v) is 8.34. The lowest BCUT2D eigenvalue weighted by Gasteiger charge is -2.05. The zero-order chi connectivity index (χ0) is 9.68. The van der Waals surface area contributed by atoms with Crippen LogP contribution in [-0.2, 0) is 0 Å². The van der Waals surface area contributed by atoms with Crippen LogP contribution in [0.1, 0.15) is 13.3 Å². The summed E-state index contributed by atoms with van der Waals surface area (Å²) >= 11 is 5.77. The Bertz CT molecular complexity index is 281. The van der Waals surface area contributed by atoms with Crippen molar-refractivity contribution in [3.8, 4) is 11.8 Å². The maximum Gasteiger partial charge on any atom is 0.252 e. The molecule has 72 valence electrons. The first-order valence-electron chi connectivity index (χ1n) is 3.97. The summed E-state index contributed by atoms with van der Waals surface area (Å²) in [5.74, 6) is 0.734. The molecule has 0 unspecified atom stereocenters. The van der Waals surface area contributed by atoms with E-state index in [0.717, 1.165) is 6.42 Å². The summed E-state index contributed by atoms with van der Waals surface area (Å²) in [7, 11) is 1.51. The third-order valence-corrected chi connectivity index (χ3v) is 1.58. The number of aromatic nitrogens is 2. The summed E-state index contributed by atoms with van der Waals surface area (Å²) < 4.78 is 10.1. The van der Waals surface area contributed by atoms with Gasteiger partial charge < -0.3 is 9.47 Å². The Balaban J connectivity index is 2.73. The maximum absolute atomic E-state index is 5.77. The summed E-state index contributed by atoms with van der Waals surface area (Å²) in [6.45, 7) is 2.59. The van der Waals surface area contributed by atoms with Crippen molar-refractivity contribution in [2.24, 2.45) is 0 Å². The van der Waals surface area contributed by atoms with Crippen LogP contribution in [0.5, 0.6) is 11.8 Å². The van der Waals surface area contributed by atoms with Gasteiger partial charge in [0.2, 0.25) is 5.88 Å². The molecule has 0 aromatic carbocycles. The van der Waals surface area contributed by atoms with E-state index in [1.807, 2.05) is 6.92 Å². The Morgan fingerprint density at radius 2 is 2.31 bits per heavy atom. The van der Waals surface area contributed by atoms with Gasteiger partial charge in [0.15, 0.2) is 5.15 Å². The van der Waals surface area contributed by atoms with Crippen LogP contribution in [0.4, 0.5) is 0 Å². The van der Waals surface area contributed by atoms with Gasteiger partial charge in [0.1, 0.15) is 0 Å². The van der Waals surface area contributed by atoms with Crippen LogP contribution in [0.3, 0.4) is 0 Å². The minimum atomic E-state index is 0.229. The quantitative estimate of drug-likeness (QED) is 0.749. The predicted molar refractivity (Wildman–Crippen MR) is 49.4 cm³/mol. The van der Waals surface area contributed by atoms with Crippen molar-refractivity contribution in [1.29, 1.82) is 0 Å². The number of hydrogen-bond donors (Lipinski definition) is 0. The van der Waals surface area contributed by atoms with Gasteiger partial charge in [0, 0.05) is 0 Å². The first-order valence-corrected chi connectivity index (χ1v) is 4.35. The van der Waals surface area contributed by atoms with E-state index in [9.17, 15) is 0 Å². The second-order valence-corrected chi connectivity index (χ2v) is 2.71. The molecule has 0 radical (unpaired) electrons. The molecule has 0 amide bonds. The molecular weight excluding hydrogens is 192 g/mol. The molecule has 0 spiro atoms. The molecule has 0 atom stereocenters. The fourth-order valence-corrected chi connectivity index (χ4v) is 0.921. The van der Waals surface area contributed by atoms with Gasteiger partial charge in [-0.25, -0.2) is 4.98 Å². The molecule has 5 heteroatoms. The van der Waals surface area contributed by atoms with Gasteiger partial charge in [0.25, 0.3) is 5.88 Å². The summed E-state index contributed by atoms with van der Waals surface area (Å²) in [6.07, 6.45) is 2.38. The minimum absolute atomic E-state index is 0.229. The van der Waals surface area contributed by atoms with E-state index < -0.39 is 0 Å². The molecule has 0 aliphatic rings. The number of halogens is 1. The lowest BCUT2D eigenvalue weighted by Crippen LogP contribution is -2.00. The van der Waals surface area contributed by atoms with E-state index >= 15 is 0 Å². The summed E-state index contributed by atoms with van der Waals surface area (Å²) in [4.78, 5) is 7.85. The number of hydrogen-bond acceptors (Lipinski definition) is 4. The zero-order valence-electron chi connectivity index (χ0n) is 7.58. The molecule has 0 saturated carbocycles. The standard InChI is InChI=1S/C8H11ClN2O2/c1-3-4-13-8-7(9)11-6(12-2)5-10-8/h5H,3-4H2,1-2H3. The van der Waals surface area contributed by atoms with Crippen LogP contribution < -0.4 is 9.47 Å². The van der Waals surface area contributed by atoms with Crippen LogP contribution in [0, 0.1) is 0 Å². The van der Waals surface area contributed by atoms with Gasteiger partial charge in [0.05, 0.1) is 19.9 Å². The second kappa shape index (κ2) is 4.87. The smallest absolute Gasteiger partial charge is 0.252 e. The number of methoxy groups -OCH3 is 1. The van der Waals surface area contributed by atoms with Crippen molar-refractivity contribution in [2.75, 3.05) is 13.7 Å². The molecule has 0 aliphatic carbocycles. The first kappa shape index (κ1) is 10.1. The highest BCUT2D eigenvalue weighted by Gasteiger charge is 2.05. The molecule has 0 N–H and O–H groups in total. The highest BCUT2D eigenvalue weighted by molar-refractivity contribution is 6.30. The van der Waals surface area contributed by atoms with Gasteiger partial charge in [-0.15, -0.1) is 0 Å². The third kappa shape index (κ3) is 2.73. The Hall–Kier alpha value is -1.03. The number of ether oxygens (including phenoxy) is 2. The van der Waals surface area contributed by atoms with Crippen molar-refractivity contribution >= 4 is 11.6 Å². The normalized spacial score (nSPS) is 9.77. The first-order chi connectivity index (χ1) is 6.27. The van der Waals surface area contributed by atoms with Gasteiger partial charge in [-0.2, -0.15) is 4.98 Å². The lowest BCUT2D eigenvalue weighted by molar-refractivity contribution is 0.301. The van der Waals surface area contributed by atoms with Crippen molar-refractivity contribution < 1.29 is 9.47 Å². The Morgan fingerprint density at radius 3 is 2.85 bits per heavy atom. The van der Waals surface area contributed by atoms with Crippen molar-refractivity contribution in [2.45, 2.75) is 13.3 Å². The molecule has 0 saturated heterocycles. The Labute approximate surface area is 81.9 Å².